The van der Waals surface area contributed by atoms with Gasteiger partial charge >= 0.3 is 0 Å². The molecule has 3 rings (SSSR count). The molecule has 120 valence electrons. The Hall–Kier alpha value is -2.67. The molecule has 3 aromatic rings. The van der Waals surface area contributed by atoms with Gasteiger partial charge in [-0.2, -0.15) is 5.10 Å². The minimum Gasteiger partial charge on any atom is -0.347 e. The second-order valence-electron chi connectivity index (χ2n) is 5.62. The lowest BCUT2D eigenvalue weighted by Gasteiger charge is -2.12. The van der Waals surface area contributed by atoms with Gasteiger partial charge in [-0.15, -0.1) is 0 Å². The van der Waals surface area contributed by atoms with Crippen LogP contribution in [0.25, 0.3) is 11.0 Å². The molecule has 2 aromatic heterocycles. The van der Waals surface area contributed by atoms with Crippen LogP contribution in [0.5, 0.6) is 0 Å². The summed E-state index contributed by atoms with van der Waals surface area (Å²) < 4.78 is 1.97. The summed E-state index contributed by atoms with van der Waals surface area (Å²) >= 11 is 0. The summed E-state index contributed by atoms with van der Waals surface area (Å²) in [5.41, 5.74) is 10.3. The summed E-state index contributed by atoms with van der Waals surface area (Å²) in [6.07, 6.45) is 0. The van der Waals surface area contributed by atoms with Gasteiger partial charge in [-0.1, -0.05) is 12.1 Å². The van der Waals surface area contributed by atoms with E-state index < -0.39 is 6.04 Å². The number of fused-ring (bicyclic) bond motifs is 1. The predicted octanol–water partition coefficient (Wildman–Crippen LogP) is 1.23. The maximum atomic E-state index is 12.3. The van der Waals surface area contributed by atoms with E-state index in [1.807, 2.05) is 49.7 Å². The predicted molar refractivity (Wildman–Crippen MR) is 87.6 cm³/mol. The first-order valence-electron chi connectivity index (χ1n) is 7.44. The number of aryl methyl sites for hydroxylation is 3. The summed E-state index contributed by atoms with van der Waals surface area (Å²) in [5.74, 6) is 0.539. The number of nitrogens with two attached hydrogens (primary N) is 1. The van der Waals surface area contributed by atoms with E-state index >= 15 is 0 Å². The topological polar surface area (TPSA) is 102 Å². The molecule has 7 nitrogen and oxygen atoms in total. The van der Waals surface area contributed by atoms with Crippen LogP contribution in [0.4, 0.5) is 0 Å². The average molecular weight is 312 g/mol. The second kappa shape index (κ2) is 5.85. The fourth-order valence-corrected chi connectivity index (χ4v) is 2.78. The largest absolute Gasteiger partial charge is 0.347 e. The van der Waals surface area contributed by atoms with E-state index in [-0.39, 0.29) is 5.91 Å². The van der Waals surface area contributed by atoms with E-state index in [4.69, 9.17) is 5.73 Å². The Bertz CT molecular complexity index is 843. The summed E-state index contributed by atoms with van der Waals surface area (Å²) in [5, 5.41) is 9.78. The van der Waals surface area contributed by atoms with Crippen molar-refractivity contribution < 1.29 is 4.79 Å². The zero-order valence-corrected chi connectivity index (χ0v) is 13.4. The maximum Gasteiger partial charge on any atom is 0.242 e. The van der Waals surface area contributed by atoms with Crippen molar-refractivity contribution in [1.29, 1.82) is 0 Å². The highest BCUT2D eigenvalue weighted by atomic mass is 16.2. The van der Waals surface area contributed by atoms with Gasteiger partial charge in [0.15, 0.2) is 0 Å². The van der Waals surface area contributed by atoms with Crippen LogP contribution in [0.2, 0.25) is 0 Å². The van der Waals surface area contributed by atoms with Gasteiger partial charge in [0.2, 0.25) is 5.91 Å². The van der Waals surface area contributed by atoms with E-state index in [9.17, 15) is 4.79 Å². The van der Waals surface area contributed by atoms with Crippen LogP contribution in [0.3, 0.4) is 0 Å². The molecule has 1 amide bonds. The lowest BCUT2D eigenvalue weighted by molar-refractivity contribution is -0.122. The number of benzene rings is 1. The number of aromatic nitrogens is 4. The molecule has 1 aromatic carbocycles. The van der Waals surface area contributed by atoms with Gasteiger partial charge < -0.3 is 15.6 Å². The zero-order chi connectivity index (χ0) is 16.6. The smallest absolute Gasteiger partial charge is 0.242 e. The normalized spacial score (nSPS) is 12.5. The maximum absolute atomic E-state index is 12.3. The van der Waals surface area contributed by atoms with Crippen molar-refractivity contribution >= 4 is 16.9 Å². The summed E-state index contributed by atoms with van der Waals surface area (Å²) in [4.78, 5) is 16.9. The number of rotatable bonds is 4. The van der Waals surface area contributed by atoms with Crippen LogP contribution in [-0.2, 0) is 18.4 Å². The van der Waals surface area contributed by atoms with Crippen molar-refractivity contribution in [2.24, 2.45) is 12.8 Å². The van der Waals surface area contributed by atoms with Gasteiger partial charge in [-0.3, -0.25) is 9.89 Å². The van der Waals surface area contributed by atoms with Crippen molar-refractivity contribution in [1.82, 2.24) is 25.1 Å². The first-order chi connectivity index (χ1) is 11.0. The molecular formula is C16H20N6O. The van der Waals surface area contributed by atoms with E-state index in [0.717, 1.165) is 33.8 Å². The quantitative estimate of drug-likeness (QED) is 0.674. The molecule has 0 radical (unpaired) electrons. The molecule has 0 aliphatic carbocycles. The fraction of sp³-hybridized carbons (Fsp3) is 0.312. The number of para-hydroxylation sites is 2. The molecule has 0 fully saturated rings. The van der Waals surface area contributed by atoms with Crippen molar-refractivity contribution in [3.63, 3.8) is 0 Å². The Morgan fingerprint density at radius 2 is 2.13 bits per heavy atom. The van der Waals surface area contributed by atoms with Crippen molar-refractivity contribution in [2.75, 3.05) is 0 Å². The van der Waals surface area contributed by atoms with Crippen LogP contribution in [0.1, 0.15) is 28.8 Å². The molecule has 0 aliphatic heterocycles. The Balaban J connectivity index is 1.74. The van der Waals surface area contributed by atoms with Gasteiger partial charge in [0, 0.05) is 18.3 Å². The molecule has 1 unspecified atom stereocenters. The van der Waals surface area contributed by atoms with Crippen molar-refractivity contribution in [3.8, 4) is 0 Å². The number of hydrogen-bond donors (Lipinski definition) is 3. The van der Waals surface area contributed by atoms with Crippen LogP contribution >= 0.6 is 0 Å². The summed E-state index contributed by atoms with van der Waals surface area (Å²) in [6, 6.07) is 7.11. The van der Waals surface area contributed by atoms with Gasteiger partial charge in [0.25, 0.3) is 0 Å². The number of imidazole rings is 1. The molecule has 2 heterocycles. The molecule has 23 heavy (non-hydrogen) atoms. The number of amides is 1. The molecule has 1 atom stereocenters. The van der Waals surface area contributed by atoms with Crippen LogP contribution in [0.15, 0.2) is 24.3 Å². The number of hydrogen-bond acceptors (Lipinski definition) is 4. The second-order valence-corrected chi connectivity index (χ2v) is 5.62. The Morgan fingerprint density at radius 1 is 1.39 bits per heavy atom. The molecule has 0 saturated carbocycles. The molecule has 0 aliphatic rings. The van der Waals surface area contributed by atoms with E-state index in [0.29, 0.717) is 6.54 Å². The Kier molecular flexibility index (Phi) is 3.87. The number of nitrogens with zero attached hydrogens (tertiary/aromatic N) is 3. The fourth-order valence-electron chi connectivity index (χ4n) is 2.78. The highest BCUT2D eigenvalue weighted by molar-refractivity contribution is 5.83. The minimum atomic E-state index is -0.747. The Morgan fingerprint density at radius 3 is 2.78 bits per heavy atom. The van der Waals surface area contributed by atoms with E-state index in [1.54, 1.807) is 0 Å². The molecule has 0 bridgehead atoms. The summed E-state index contributed by atoms with van der Waals surface area (Å²) in [7, 11) is 1.93. The Labute approximate surface area is 133 Å². The number of nitrogens with one attached hydrogen (secondary N) is 2. The van der Waals surface area contributed by atoms with Gasteiger partial charge in [-0.05, 0) is 26.0 Å². The number of carbonyl (C=O) groups is 1. The highest BCUT2D eigenvalue weighted by Crippen LogP contribution is 2.18. The van der Waals surface area contributed by atoms with Crippen LogP contribution < -0.4 is 11.1 Å². The lowest BCUT2D eigenvalue weighted by Crippen LogP contribution is -2.34. The molecule has 0 saturated heterocycles. The van der Waals surface area contributed by atoms with Gasteiger partial charge in [-0.25, -0.2) is 4.98 Å². The monoisotopic (exact) mass is 312 g/mol. The SMILES string of the molecule is Cc1n[nH]c(C)c1C(N)C(=O)NCc1nc2ccccc2n1C. The molecule has 0 spiro atoms. The minimum absolute atomic E-state index is 0.246. The number of aromatic amines is 1. The van der Waals surface area contributed by atoms with Crippen LogP contribution in [-0.4, -0.2) is 25.7 Å². The third-order valence-electron chi connectivity index (χ3n) is 4.08. The van der Waals surface area contributed by atoms with Crippen molar-refractivity contribution in [3.05, 3.63) is 47.0 Å². The highest BCUT2D eigenvalue weighted by Gasteiger charge is 2.22. The third-order valence-corrected chi connectivity index (χ3v) is 4.08. The molecular weight excluding hydrogens is 292 g/mol. The van der Waals surface area contributed by atoms with Crippen LogP contribution in [0, 0.1) is 13.8 Å². The first kappa shape index (κ1) is 15.2. The lowest BCUT2D eigenvalue weighted by atomic mass is 10.1. The van der Waals surface area contributed by atoms with Crippen molar-refractivity contribution in [2.45, 2.75) is 26.4 Å². The molecule has 4 N–H and O–H groups in total. The van der Waals surface area contributed by atoms with Gasteiger partial charge in [0.1, 0.15) is 11.9 Å². The molecule has 7 heteroatoms. The van der Waals surface area contributed by atoms with E-state index in [1.165, 1.54) is 0 Å². The number of carbonyl (C=O) groups excluding carboxylic acids is 1. The van der Waals surface area contributed by atoms with E-state index in [2.05, 4.69) is 20.5 Å². The summed E-state index contributed by atoms with van der Waals surface area (Å²) in [6.45, 7) is 4.01. The van der Waals surface area contributed by atoms with Gasteiger partial charge in [0.05, 0.1) is 23.3 Å². The third kappa shape index (κ3) is 2.70. The average Bonchev–Trinajstić information content (AvgIpc) is 3.05. The first-order valence-corrected chi connectivity index (χ1v) is 7.44. The zero-order valence-electron chi connectivity index (χ0n) is 13.4. The standard InChI is InChI=1S/C16H20N6O/c1-9-14(10(2)21-20-9)15(17)16(23)18-8-13-19-11-6-4-5-7-12(11)22(13)3/h4-7,15H,8,17H2,1-3H3,(H,18,23)(H,20,21). The number of H-pyrrole nitrogens is 1.